The summed E-state index contributed by atoms with van der Waals surface area (Å²) in [5, 5.41) is 18.9. The molecular weight excluding hydrogens is 406 g/mol. The predicted molar refractivity (Wildman–Crippen MR) is 105 cm³/mol. The van der Waals surface area contributed by atoms with Crippen LogP contribution in [0.15, 0.2) is 34.7 Å². The lowest BCUT2D eigenvalue weighted by atomic mass is 10.2. The number of furan rings is 1. The Balaban J connectivity index is 1.71. The summed E-state index contributed by atoms with van der Waals surface area (Å²) in [5.74, 6) is -0.967. The summed E-state index contributed by atoms with van der Waals surface area (Å²) in [6, 6.07) is 7.71. The number of aryl methyl sites for hydroxylation is 2. The van der Waals surface area contributed by atoms with E-state index in [1.165, 1.54) is 22.1 Å². The van der Waals surface area contributed by atoms with Crippen LogP contribution in [0.25, 0.3) is 15.3 Å². The normalized spacial score (nSPS) is 11.1. The molecule has 0 radical (unpaired) electrons. The molecule has 0 bridgehead atoms. The van der Waals surface area contributed by atoms with Gasteiger partial charge in [0.1, 0.15) is 10.7 Å². The molecule has 0 aliphatic carbocycles. The van der Waals surface area contributed by atoms with Crippen LogP contribution in [0, 0.1) is 24.0 Å². The van der Waals surface area contributed by atoms with Crippen LogP contribution in [0.1, 0.15) is 21.8 Å². The average Bonchev–Trinajstić information content (AvgIpc) is 3.36. The van der Waals surface area contributed by atoms with Gasteiger partial charge in [0, 0.05) is 6.07 Å². The number of hydrogen-bond donors (Lipinski definition) is 1. The number of hydrogen-bond acceptors (Lipinski definition) is 7. The molecule has 4 rings (SSSR count). The zero-order valence-electron chi connectivity index (χ0n) is 14.6. The number of nitrogens with one attached hydrogen (secondary N) is 1. The second-order valence-corrected chi connectivity index (χ2v) is 7.36. The lowest BCUT2D eigenvalue weighted by Crippen LogP contribution is -2.14. The molecule has 9 nitrogen and oxygen atoms in total. The molecule has 1 aromatic carbocycles. The van der Waals surface area contributed by atoms with Gasteiger partial charge in [0.15, 0.2) is 5.76 Å². The molecule has 1 N–H and O–H groups in total. The van der Waals surface area contributed by atoms with Gasteiger partial charge in [0.2, 0.25) is 5.13 Å². The first-order chi connectivity index (χ1) is 13.3. The van der Waals surface area contributed by atoms with Crippen LogP contribution in [-0.2, 0) is 0 Å². The zero-order valence-corrected chi connectivity index (χ0v) is 16.2. The number of aromatic nitrogens is 3. The number of anilines is 1. The lowest BCUT2D eigenvalue weighted by molar-refractivity contribution is -0.402. The van der Waals surface area contributed by atoms with Gasteiger partial charge in [-0.2, -0.15) is 9.78 Å². The maximum atomic E-state index is 12.4. The lowest BCUT2D eigenvalue weighted by Gasteiger charge is -2.04. The Kier molecular flexibility index (Phi) is 4.36. The Bertz CT molecular complexity index is 1200. The molecular formula is C17H12ClN5O4S. The van der Waals surface area contributed by atoms with E-state index in [1.807, 2.05) is 19.1 Å². The first-order valence-corrected chi connectivity index (χ1v) is 9.21. The van der Waals surface area contributed by atoms with Crippen LogP contribution in [0.4, 0.5) is 11.7 Å². The van der Waals surface area contributed by atoms with Crippen molar-refractivity contribution in [1.82, 2.24) is 14.8 Å². The SMILES string of the molecule is Cc1cc(NC(=O)c2ccc([N+](=O)[O-])o2)n(-c2nc3c(C)ccc(Cl)c3s2)n1. The molecule has 0 saturated heterocycles. The second kappa shape index (κ2) is 6.73. The van der Waals surface area contributed by atoms with E-state index in [-0.39, 0.29) is 5.76 Å². The Morgan fingerprint density at radius 1 is 1.32 bits per heavy atom. The van der Waals surface area contributed by atoms with Crippen LogP contribution in [-0.4, -0.2) is 25.6 Å². The zero-order chi connectivity index (χ0) is 20.0. The summed E-state index contributed by atoms with van der Waals surface area (Å²) < 4.78 is 7.25. The number of carbonyl (C=O) groups excluding carboxylic acids is 1. The third-order valence-electron chi connectivity index (χ3n) is 3.94. The number of nitro groups is 1. The van der Waals surface area contributed by atoms with E-state index >= 15 is 0 Å². The summed E-state index contributed by atoms with van der Waals surface area (Å²) >= 11 is 7.61. The Morgan fingerprint density at radius 3 is 2.79 bits per heavy atom. The number of nitrogens with zero attached hydrogens (tertiary/aromatic N) is 4. The van der Waals surface area contributed by atoms with Crippen molar-refractivity contribution < 1.29 is 14.1 Å². The molecule has 1 amide bonds. The molecule has 4 aromatic rings. The molecule has 3 aromatic heterocycles. The van der Waals surface area contributed by atoms with Crippen LogP contribution in [0.5, 0.6) is 0 Å². The van der Waals surface area contributed by atoms with Gasteiger partial charge in [0.25, 0.3) is 5.91 Å². The van der Waals surface area contributed by atoms with Gasteiger partial charge in [-0.3, -0.25) is 14.9 Å². The number of rotatable bonds is 4. The summed E-state index contributed by atoms with van der Waals surface area (Å²) in [6.07, 6.45) is 0. The molecule has 0 aliphatic rings. The number of thiazole rings is 1. The fourth-order valence-electron chi connectivity index (χ4n) is 2.64. The number of benzene rings is 1. The van der Waals surface area contributed by atoms with E-state index in [4.69, 9.17) is 16.0 Å². The van der Waals surface area contributed by atoms with Crippen LogP contribution in [0.2, 0.25) is 5.02 Å². The molecule has 0 aliphatic heterocycles. The maximum Gasteiger partial charge on any atom is 0.433 e. The third-order valence-corrected chi connectivity index (χ3v) is 5.43. The van der Waals surface area contributed by atoms with E-state index in [2.05, 4.69) is 15.4 Å². The highest BCUT2D eigenvalue weighted by atomic mass is 35.5. The van der Waals surface area contributed by atoms with Crippen molar-refractivity contribution in [3.05, 3.63) is 62.5 Å². The minimum Gasteiger partial charge on any atom is -0.395 e. The fourth-order valence-corrected chi connectivity index (χ4v) is 3.92. The number of amides is 1. The Labute approximate surface area is 166 Å². The molecule has 3 heterocycles. The minimum atomic E-state index is -0.710. The maximum absolute atomic E-state index is 12.4. The molecule has 142 valence electrons. The van der Waals surface area contributed by atoms with Crippen molar-refractivity contribution in [1.29, 1.82) is 0 Å². The predicted octanol–water partition coefficient (Wildman–Crippen LogP) is 4.51. The smallest absolute Gasteiger partial charge is 0.395 e. The summed E-state index contributed by atoms with van der Waals surface area (Å²) in [4.78, 5) is 27.0. The van der Waals surface area contributed by atoms with Crippen LogP contribution in [0.3, 0.4) is 0 Å². The molecule has 0 spiro atoms. The molecule has 0 saturated carbocycles. The Hall–Kier alpha value is -3.24. The van der Waals surface area contributed by atoms with Crippen molar-refractivity contribution in [2.45, 2.75) is 13.8 Å². The highest BCUT2D eigenvalue weighted by molar-refractivity contribution is 7.21. The summed E-state index contributed by atoms with van der Waals surface area (Å²) in [7, 11) is 0. The van der Waals surface area contributed by atoms with Crippen LogP contribution >= 0.6 is 22.9 Å². The van der Waals surface area contributed by atoms with E-state index in [0.717, 1.165) is 21.8 Å². The first-order valence-electron chi connectivity index (χ1n) is 8.02. The van der Waals surface area contributed by atoms with E-state index in [0.29, 0.717) is 21.7 Å². The standard InChI is InChI=1S/C17H12ClN5O4S/c1-8-3-4-10(18)15-14(8)20-17(28-15)22-12(7-9(2)21-22)19-16(24)11-5-6-13(27-11)23(25)26/h3-7H,1-2H3,(H,19,24). The fraction of sp³-hybridized carbons (Fsp3) is 0.118. The minimum absolute atomic E-state index is 0.180. The number of fused-ring (bicyclic) bond motifs is 1. The van der Waals surface area contributed by atoms with Gasteiger partial charge >= 0.3 is 5.88 Å². The highest BCUT2D eigenvalue weighted by Gasteiger charge is 2.21. The van der Waals surface area contributed by atoms with Gasteiger partial charge in [-0.05, 0) is 31.5 Å². The van der Waals surface area contributed by atoms with Gasteiger partial charge in [-0.1, -0.05) is 29.0 Å². The van der Waals surface area contributed by atoms with Gasteiger partial charge < -0.3 is 9.73 Å². The molecule has 0 unspecified atom stereocenters. The molecule has 11 heteroatoms. The van der Waals surface area contributed by atoms with Crippen molar-refractivity contribution in [2.24, 2.45) is 0 Å². The average molecular weight is 418 g/mol. The monoisotopic (exact) mass is 417 g/mol. The topological polar surface area (TPSA) is 116 Å². The van der Waals surface area contributed by atoms with E-state index < -0.39 is 16.7 Å². The Morgan fingerprint density at radius 2 is 2.11 bits per heavy atom. The highest BCUT2D eigenvalue weighted by Crippen LogP contribution is 2.34. The largest absolute Gasteiger partial charge is 0.433 e. The summed E-state index contributed by atoms with van der Waals surface area (Å²) in [6.45, 7) is 3.71. The van der Waals surface area contributed by atoms with Crippen molar-refractivity contribution >= 4 is 50.8 Å². The number of carbonyl (C=O) groups is 1. The van der Waals surface area contributed by atoms with Crippen molar-refractivity contribution in [3.8, 4) is 5.13 Å². The van der Waals surface area contributed by atoms with Gasteiger partial charge in [-0.25, -0.2) is 4.98 Å². The second-order valence-electron chi connectivity index (χ2n) is 5.97. The molecule has 0 fully saturated rings. The quantitative estimate of drug-likeness (QED) is 0.386. The van der Waals surface area contributed by atoms with Crippen molar-refractivity contribution in [2.75, 3.05) is 5.32 Å². The van der Waals surface area contributed by atoms with Crippen molar-refractivity contribution in [3.63, 3.8) is 0 Å². The van der Waals surface area contributed by atoms with Gasteiger partial charge in [-0.15, -0.1) is 0 Å². The van der Waals surface area contributed by atoms with Gasteiger partial charge in [0.05, 0.1) is 27.0 Å². The molecule has 0 atom stereocenters. The number of halogens is 1. The van der Waals surface area contributed by atoms with E-state index in [1.54, 1.807) is 13.0 Å². The molecule has 28 heavy (non-hydrogen) atoms. The third kappa shape index (κ3) is 3.12. The van der Waals surface area contributed by atoms with E-state index in [9.17, 15) is 14.9 Å². The first kappa shape index (κ1) is 18.1. The summed E-state index contributed by atoms with van der Waals surface area (Å²) in [5.41, 5.74) is 2.39. The van der Waals surface area contributed by atoms with Crippen LogP contribution < -0.4 is 5.32 Å².